The van der Waals surface area contributed by atoms with Crippen LogP contribution in [0.15, 0.2) is 48.5 Å². The molecule has 0 fully saturated rings. The molecule has 2 aromatic rings. The highest BCUT2D eigenvalue weighted by molar-refractivity contribution is 5.85. The van der Waals surface area contributed by atoms with E-state index in [2.05, 4.69) is 17.0 Å². The maximum Gasteiger partial charge on any atom is 0.123 e. The van der Waals surface area contributed by atoms with Gasteiger partial charge in [0, 0.05) is 24.8 Å². The van der Waals surface area contributed by atoms with E-state index in [1.807, 2.05) is 24.3 Å². The number of nitrogens with zero attached hydrogens (tertiary/aromatic N) is 1. The zero-order valence-electron chi connectivity index (χ0n) is 10.8. The molecule has 108 valence electrons. The number of hydrogen-bond donors (Lipinski definition) is 1. The van der Waals surface area contributed by atoms with E-state index in [9.17, 15) is 4.39 Å². The zero-order valence-corrected chi connectivity index (χ0v) is 12.5. The van der Waals surface area contributed by atoms with Gasteiger partial charge in [0.05, 0.1) is 0 Å². The van der Waals surface area contributed by atoms with Crippen molar-refractivity contribution in [3.8, 4) is 0 Å². The van der Waals surface area contributed by atoms with E-state index >= 15 is 0 Å². The van der Waals surface area contributed by atoms with Crippen LogP contribution in [0.2, 0.25) is 0 Å². The average Bonchev–Trinajstić information content (AvgIpc) is 2.67. The van der Waals surface area contributed by atoms with E-state index in [0.29, 0.717) is 0 Å². The summed E-state index contributed by atoms with van der Waals surface area (Å²) in [6.45, 7) is 1.56. The van der Waals surface area contributed by atoms with E-state index in [1.165, 1.54) is 11.6 Å². The molecule has 20 heavy (non-hydrogen) atoms. The lowest BCUT2D eigenvalue weighted by Gasteiger charge is -2.19. The van der Waals surface area contributed by atoms with Gasteiger partial charge in [-0.15, -0.1) is 24.8 Å². The minimum absolute atomic E-state index is 0. The first-order valence-corrected chi connectivity index (χ1v) is 6.08. The normalized spacial score (nSPS) is 16.1. The second-order valence-electron chi connectivity index (χ2n) is 4.68. The molecule has 1 unspecified atom stereocenters. The van der Waals surface area contributed by atoms with Gasteiger partial charge < -0.3 is 10.6 Å². The van der Waals surface area contributed by atoms with E-state index < -0.39 is 0 Å². The van der Waals surface area contributed by atoms with Gasteiger partial charge >= 0.3 is 0 Å². The van der Waals surface area contributed by atoms with E-state index in [4.69, 9.17) is 5.73 Å². The Morgan fingerprint density at radius 1 is 1.10 bits per heavy atom. The van der Waals surface area contributed by atoms with Crippen LogP contribution in [0.1, 0.15) is 17.2 Å². The lowest BCUT2D eigenvalue weighted by atomic mass is 10.1. The number of benzene rings is 2. The van der Waals surface area contributed by atoms with Crippen molar-refractivity contribution in [3.63, 3.8) is 0 Å². The maximum absolute atomic E-state index is 13.2. The number of fused-ring (bicyclic) bond motifs is 1. The molecule has 0 aromatic heterocycles. The quantitative estimate of drug-likeness (QED) is 0.916. The molecule has 0 aliphatic carbocycles. The highest BCUT2D eigenvalue weighted by Crippen LogP contribution is 2.34. The van der Waals surface area contributed by atoms with Crippen molar-refractivity contribution in [3.05, 3.63) is 65.5 Å². The summed E-state index contributed by atoms with van der Waals surface area (Å²) < 4.78 is 13.2. The molecule has 0 amide bonds. The van der Waals surface area contributed by atoms with Gasteiger partial charge in [0.25, 0.3) is 0 Å². The molecule has 0 radical (unpaired) electrons. The second-order valence-corrected chi connectivity index (χ2v) is 4.68. The lowest BCUT2D eigenvalue weighted by molar-refractivity contribution is 0.624. The molecular weight excluding hydrogens is 298 g/mol. The Balaban J connectivity index is 0.000001000. The standard InChI is InChI=1S/C15H15FN2.2ClH/c16-12-6-7-15-13(8-12)14(17)10-18(15)9-11-4-2-1-3-5-11;;/h1-8,14H,9-10,17H2;2*1H. The fourth-order valence-electron chi connectivity index (χ4n) is 2.50. The van der Waals surface area contributed by atoms with Crippen LogP contribution in [0.3, 0.4) is 0 Å². The zero-order chi connectivity index (χ0) is 12.5. The molecule has 1 heterocycles. The number of halogens is 3. The highest BCUT2D eigenvalue weighted by Gasteiger charge is 2.26. The van der Waals surface area contributed by atoms with Gasteiger partial charge in [-0.05, 0) is 29.3 Å². The van der Waals surface area contributed by atoms with Crippen molar-refractivity contribution in [2.45, 2.75) is 12.6 Å². The van der Waals surface area contributed by atoms with Crippen molar-refractivity contribution in [1.82, 2.24) is 0 Å². The average molecular weight is 315 g/mol. The minimum Gasteiger partial charge on any atom is -0.365 e. The molecule has 3 rings (SSSR count). The van der Waals surface area contributed by atoms with Crippen LogP contribution in [-0.4, -0.2) is 6.54 Å². The van der Waals surface area contributed by atoms with Gasteiger partial charge in [0.2, 0.25) is 0 Å². The van der Waals surface area contributed by atoms with Crippen LogP contribution in [0.5, 0.6) is 0 Å². The third-order valence-corrected chi connectivity index (χ3v) is 3.36. The molecule has 1 aliphatic rings. The summed E-state index contributed by atoms with van der Waals surface area (Å²) in [6.07, 6.45) is 0. The van der Waals surface area contributed by atoms with Crippen LogP contribution in [-0.2, 0) is 6.54 Å². The van der Waals surface area contributed by atoms with Gasteiger partial charge in [-0.1, -0.05) is 30.3 Å². The number of hydrogen-bond acceptors (Lipinski definition) is 2. The Morgan fingerprint density at radius 2 is 1.80 bits per heavy atom. The van der Waals surface area contributed by atoms with Crippen LogP contribution in [0.25, 0.3) is 0 Å². The molecule has 0 spiro atoms. The molecule has 0 bridgehead atoms. The summed E-state index contributed by atoms with van der Waals surface area (Å²) in [4.78, 5) is 2.20. The Bertz CT molecular complexity index is 563. The molecule has 2 nitrogen and oxygen atoms in total. The first kappa shape index (κ1) is 16.8. The monoisotopic (exact) mass is 314 g/mol. The van der Waals surface area contributed by atoms with Gasteiger partial charge in [-0.3, -0.25) is 0 Å². The smallest absolute Gasteiger partial charge is 0.123 e. The summed E-state index contributed by atoms with van der Waals surface area (Å²) >= 11 is 0. The van der Waals surface area contributed by atoms with Gasteiger partial charge in [0.1, 0.15) is 5.82 Å². The maximum atomic E-state index is 13.2. The van der Waals surface area contributed by atoms with Crippen molar-refractivity contribution in [1.29, 1.82) is 0 Å². The number of anilines is 1. The largest absolute Gasteiger partial charge is 0.365 e. The van der Waals surface area contributed by atoms with Crippen LogP contribution in [0, 0.1) is 5.82 Å². The van der Waals surface area contributed by atoms with Crippen molar-refractivity contribution >= 4 is 30.5 Å². The van der Waals surface area contributed by atoms with Crippen molar-refractivity contribution < 1.29 is 4.39 Å². The first-order valence-electron chi connectivity index (χ1n) is 6.08. The van der Waals surface area contributed by atoms with E-state index in [0.717, 1.165) is 24.3 Å². The second kappa shape index (κ2) is 6.93. The van der Waals surface area contributed by atoms with Gasteiger partial charge in [-0.2, -0.15) is 0 Å². The molecule has 1 aliphatic heterocycles. The molecular formula is C15H17Cl2FN2. The summed E-state index contributed by atoms with van der Waals surface area (Å²) in [5.74, 6) is -0.217. The molecule has 0 saturated heterocycles. The molecule has 1 atom stereocenters. The SMILES string of the molecule is Cl.Cl.NC1CN(Cc2ccccc2)c2ccc(F)cc21. The molecule has 5 heteroatoms. The molecule has 2 aromatic carbocycles. The number of rotatable bonds is 2. The Morgan fingerprint density at radius 3 is 2.50 bits per heavy atom. The first-order chi connectivity index (χ1) is 8.74. The summed E-state index contributed by atoms with van der Waals surface area (Å²) in [5, 5.41) is 0. The number of nitrogens with two attached hydrogens (primary N) is 1. The fourth-order valence-corrected chi connectivity index (χ4v) is 2.50. The van der Waals surface area contributed by atoms with E-state index in [-0.39, 0.29) is 36.7 Å². The Kier molecular flexibility index (Phi) is 5.81. The summed E-state index contributed by atoms with van der Waals surface area (Å²) in [6, 6.07) is 15.0. The minimum atomic E-state index is -0.217. The summed E-state index contributed by atoms with van der Waals surface area (Å²) in [5.41, 5.74) is 9.25. The Hall–Kier alpha value is -1.29. The predicted octanol–water partition coefficient (Wildman–Crippen LogP) is 3.69. The molecule has 0 saturated carbocycles. The van der Waals surface area contributed by atoms with Crippen LogP contribution in [0.4, 0.5) is 10.1 Å². The van der Waals surface area contributed by atoms with Gasteiger partial charge in [0.15, 0.2) is 0 Å². The molecule has 2 N–H and O–H groups in total. The van der Waals surface area contributed by atoms with Crippen molar-refractivity contribution in [2.24, 2.45) is 5.73 Å². The highest BCUT2D eigenvalue weighted by atomic mass is 35.5. The third kappa shape index (κ3) is 3.23. The topological polar surface area (TPSA) is 29.3 Å². The van der Waals surface area contributed by atoms with Gasteiger partial charge in [-0.25, -0.2) is 4.39 Å². The summed E-state index contributed by atoms with van der Waals surface area (Å²) in [7, 11) is 0. The Labute approximate surface area is 130 Å². The van der Waals surface area contributed by atoms with E-state index in [1.54, 1.807) is 6.07 Å². The van der Waals surface area contributed by atoms with Crippen LogP contribution >= 0.6 is 24.8 Å². The fraction of sp³-hybridized carbons (Fsp3) is 0.200. The predicted molar refractivity (Wildman–Crippen MR) is 85.3 cm³/mol. The lowest BCUT2D eigenvalue weighted by Crippen LogP contribution is -2.23. The van der Waals surface area contributed by atoms with Crippen molar-refractivity contribution in [2.75, 3.05) is 11.4 Å². The van der Waals surface area contributed by atoms with Crippen LogP contribution < -0.4 is 10.6 Å². The third-order valence-electron chi connectivity index (χ3n) is 3.36.